The first kappa shape index (κ1) is 12.2. The lowest BCUT2D eigenvalue weighted by molar-refractivity contribution is 0.101. The third kappa shape index (κ3) is 3.38. The van der Waals surface area contributed by atoms with Crippen LogP contribution in [0.5, 0.6) is 0 Å². The van der Waals surface area contributed by atoms with Gasteiger partial charge in [0.15, 0.2) is 5.78 Å². The van der Waals surface area contributed by atoms with E-state index < -0.39 is 0 Å². The Morgan fingerprint density at radius 2 is 1.81 bits per heavy atom. The maximum atomic E-state index is 11.5. The number of hydrogen-bond acceptors (Lipinski definition) is 2. The Morgan fingerprint density at radius 3 is 2.38 bits per heavy atom. The molecule has 16 heavy (non-hydrogen) atoms. The lowest BCUT2D eigenvalue weighted by atomic mass is 10.1. The van der Waals surface area contributed by atoms with Gasteiger partial charge in [-0.05, 0) is 32.9 Å². The smallest absolute Gasteiger partial charge is 0.319 e. The molecular formula is C12H16N2O2. The zero-order valence-corrected chi connectivity index (χ0v) is 9.70. The Bertz CT molecular complexity index is 400. The van der Waals surface area contributed by atoms with E-state index >= 15 is 0 Å². The van der Waals surface area contributed by atoms with E-state index in [0.29, 0.717) is 11.3 Å². The number of carbonyl (C=O) groups excluding carboxylic acids is 2. The van der Waals surface area contributed by atoms with E-state index in [9.17, 15) is 9.59 Å². The van der Waals surface area contributed by atoms with Gasteiger partial charge in [0.05, 0.1) is 5.69 Å². The van der Waals surface area contributed by atoms with Crippen LogP contribution in [0, 0.1) is 0 Å². The van der Waals surface area contributed by atoms with Gasteiger partial charge in [0.2, 0.25) is 0 Å². The first-order chi connectivity index (χ1) is 7.50. The Balaban J connectivity index is 2.81. The van der Waals surface area contributed by atoms with Crippen molar-refractivity contribution >= 4 is 17.5 Å². The summed E-state index contributed by atoms with van der Waals surface area (Å²) in [4.78, 5) is 22.8. The number of benzene rings is 1. The summed E-state index contributed by atoms with van der Waals surface area (Å²) in [6.45, 7) is 5.22. The van der Waals surface area contributed by atoms with Crippen LogP contribution in [0.15, 0.2) is 24.3 Å². The molecule has 0 saturated heterocycles. The minimum atomic E-state index is -0.302. The van der Waals surface area contributed by atoms with Gasteiger partial charge in [-0.15, -0.1) is 0 Å². The molecular weight excluding hydrogens is 204 g/mol. The van der Waals surface area contributed by atoms with Crippen LogP contribution in [-0.4, -0.2) is 17.9 Å². The molecule has 0 atom stereocenters. The molecule has 86 valence electrons. The number of Topliss-reactive ketones (excluding diaryl/α,β-unsaturated/α-hetero) is 1. The number of nitrogens with one attached hydrogen (secondary N) is 2. The minimum Gasteiger partial charge on any atom is -0.336 e. The molecule has 0 fully saturated rings. The van der Waals surface area contributed by atoms with Gasteiger partial charge in [0.1, 0.15) is 0 Å². The summed E-state index contributed by atoms with van der Waals surface area (Å²) in [7, 11) is 0. The summed E-state index contributed by atoms with van der Waals surface area (Å²) in [5.74, 6) is -0.0690. The Hall–Kier alpha value is -1.84. The number of ketones is 1. The van der Waals surface area contributed by atoms with Crippen molar-refractivity contribution in [1.82, 2.24) is 5.32 Å². The van der Waals surface area contributed by atoms with Crippen LogP contribution >= 0.6 is 0 Å². The van der Waals surface area contributed by atoms with Gasteiger partial charge >= 0.3 is 6.03 Å². The van der Waals surface area contributed by atoms with E-state index in [1.807, 2.05) is 13.8 Å². The van der Waals surface area contributed by atoms with Gasteiger partial charge in [0, 0.05) is 11.6 Å². The fourth-order valence-corrected chi connectivity index (χ4v) is 1.32. The zero-order chi connectivity index (χ0) is 12.1. The second-order valence-corrected chi connectivity index (χ2v) is 3.85. The van der Waals surface area contributed by atoms with Crippen LogP contribution in [0.2, 0.25) is 0 Å². The molecule has 0 aliphatic heterocycles. The summed E-state index contributed by atoms with van der Waals surface area (Å²) < 4.78 is 0. The van der Waals surface area contributed by atoms with Gasteiger partial charge < -0.3 is 10.6 Å². The molecule has 0 spiro atoms. The second kappa shape index (κ2) is 5.30. The molecule has 0 heterocycles. The molecule has 0 radical (unpaired) electrons. The molecule has 0 aliphatic carbocycles. The van der Waals surface area contributed by atoms with E-state index in [-0.39, 0.29) is 17.9 Å². The molecule has 1 rings (SSSR count). The Kier molecular flexibility index (Phi) is 4.05. The summed E-state index contributed by atoms with van der Waals surface area (Å²) in [5.41, 5.74) is 1.05. The highest BCUT2D eigenvalue weighted by atomic mass is 16.2. The van der Waals surface area contributed by atoms with Crippen molar-refractivity contribution in [1.29, 1.82) is 0 Å². The Morgan fingerprint density at radius 1 is 1.19 bits per heavy atom. The van der Waals surface area contributed by atoms with Crippen molar-refractivity contribution in [3.63, 3.8) is 0 Å². The van der Waals surface area contributed by atoms with Gasteiger partial charge in [-0.1, -0.05) is 12.1 Å². The largest absolute Gasteiger partial charge is 0.336 e. The van der Waals surface area contributed by atoms with Crippen LogP contribution in [-0.2, 0) is 0 Å². The molecule has 0 bridgehead atoms. The highest BCUT2D eigenvalue weighted by molar-refractivity contribution is 6.03. The zero-order valence-electron chi connectivity index (χ0n) is 9.70. The van der Waals surface area contributed by atoms with Crippen molar-refractivity contribution in [2.24, 2.45) is 0 Å². The van der Waals surface area contributed by atoms with Gasteiger partial charge in [-0.3, -0.25) is 4.79 Å². The van der Waals surface area contributed by atoms with Crippen molar-refractivity contribution in [3.05, 3.63) is 29.8 Å². The number of para-hydroxylation sites is 1. The monoisotopic (exact) mass is 220 g/mol. The number of amides is 2. The average molecular weight is 220 g/mol. The molecule has 4 nitrogen and oxygen atoms in total. The molecule has 4 heteroatoms. The third-order valence-corrected chi connectivity index (χ3v) is 1.97. The molecule has 0 saturated carbocycles. The van der Waals surface area contributed by atoms with E-state index in [1.54, 1.807) is 24.3 Å². The van der Waals surface area contributed by atoms with E-state index in [2.05, 4.69) is 10.6 Å². The van der Waals surface area contributed by atoms with Gasteiger partial charge in [-0.25, -0.2) is 4.79 Å². The lowest BCUT2D eigenvalue weighted by Crippen LogP contribution is -2.34. The predicted octanol–water partition coefficient (Wildman–Crippen LogP) is 2.42. The minimum absolute atomic E-state index is 0.0597. The number of carbonyl (C=O) groups is 2. The molecule has 2 N–H and O–H groups in total. The number of hydrogen-bond donors (Lipinski definition) is 2. The SMILES string of the molecule is CC(=O)c1ccccc1NC(=O)NC(C)C. The van der Waals surface area contributed by atoms with E-state index in [4.69, 9.17) is 0 Å². The van der Waals surface area contributed by atoms with E-state index in [1.165, 1.54) is 6.92 Å². The summed E-state index contributed by atoms with van der Waals surface area (Å²) in [6, 6.07) is 6.69. The fraction of sp³-hybridized carbons (Fsp3) is 0.333. The normalized spacial score (nSPS) is 10.0. The first-order valence-electron chi connectivity index (χ1n) is 5.18. The maximum Gasteiger partial charge on any atom is 0.319 e. The van der Waals surface area contributed by atoms with Crippen molar-refractivity contribution in [2.45, 2.75) is 26.8 Å². The van der Waals surface area contributed by atoms with Crippen LogP contribution in [0.3, 0.4) is 0 Å². The van der Waals surface area contributed by atoms with Crippen molar-refractivity contribution in [3.8, 4) is 0 Å². The quantitative estimate of drug-likeness (QED) is 0.768. The van der Waals surface area contributed by atoms with Gasteiger partial charge in [-0.2, -0.15) is 0 Å². The van der Waals surface area contributed by atoms with E-state index in [0.717, 1.165) is 0 Å². The highest BCUT2D eigenvalue weighted by Crippen LogP contribution is 2.15. The average Bonchev–Trinajstić information content (AvgIpc) is 2.16. The lowest BCUT2D eigenvalue weighted by Gasteiger charge is -2.12. The third-order valence-electron chi connectivity index (χ3n) is 1.97. The molecule has 1 aromatic rings. The summed E-state index contributed by atoms with van der Waals surface area (Å²) in [6.07, 6.45) is 0. The number of anilines is 1. The highest BCUT2D eigenvalue weighted by Gasteiger charge is 2.09. The van der Waals surface area contributed by atoms with Crippen LogP contribution in [0.25, 0.3) is 0 Å². The van der Waals surface area contributed by atoms with Crippen LogP contribution in [0.1, 0.15) is 31.1 Å². The van der Waals surface area contributed by atoms with Crippen LogP contribution < -0.4 is 10.6 Å². The fourth-order valence-electron chi connectivity index (χ4n) is 1.32. The number of urea groups is 1. The second-order valence-electron chi connectivity index (χ2n) is 3.85. The Labute approximate surface area is 95.0 Å². The van der Waals surface area contributed by atoms with Crippen molar-refractivity contribution in [2.75, 3.05) is 5.32 Å². The predicted molar refractivity (Wildman–Crippen MR) is 63.7 cm³/mol. The first-order valence-corrected chi connectivity index (χ1v) is 5.18. The number of rotatable bonds is 3. The van der Waals surface area contributed by atoms with Gasteiger partial charge in [0.25, 0.3) is 0 Å². The molecule has 0 aliphatic rings. The molecule has 1 aromatic carbocycles. The standard InChI is InChI=1S/C12H16N2O2/c1-8(2)13-12(16)14-11-7-5-4-6-10(11)9(3)15/h4-8H,1-3H3,(H2,13,14,16). The van der Waals surface area contributed by atoms with Crippen molar-refractivity contribution < 1.29 is 9.59 Å². The summed E-state index contributed by atoms with van der Waals surface area (Å²) in [5, 5.41) is 5.35. The van der Waals surface area contributed by atoms with Crippen LogP contribution in [0.4, 0.5) is 10.5 Å². The molecule has 0 unspecified atom stereocenters. The molecule has 2 amide bonds. The topological polar surface area (TPSA) is 58.2 Å². The maximum absolute atomic E-state index is 11.5. The molecule has 0 aromatic heterocycles. The summed E-state index contributed by atoms with van der Waals surface area (Å²) >= 11 is 0.